The smallest absolute Gasteiger partial charge is 0.303 e. The van der Waals surface area contributed by atoms with E-state index < -0.39 is 5.97 Å². The zero-order valence-electron chi connectivity index (χ0n) is 12.8. The number of rotatable bonds is 10. The van der Waals surface area contributed by atoms with E-state index in [0.717, 1.165) is 31.6 Å². The van der Waals surface area contributed by atoms with Crippen molar-refractivity contribution in [1.82, 2.24) is 4.90 Å². The van der Waals surface area contributed by atoms with E-state index in [2.05, 4.69) is 12.2 Å². The number of aliphatic carboxylic acids is 1. The summed E-state index contributed by atoms with van der Waals surface area (Å²) in [6, 6.07) is 6.98. The van der Waals surface area contributed by atoms with E-state index in [9.17, 15) is 9.59 Å². The maximum atomic E-state index is 12.0. The van der Waals surface area contributed by atoms with Gasteiger partial charge in [0.1, 0.15) is 0 Å². The van der Waals surface area contributed by atoms with E-state index in [1.54, 1.807) is 24.3 Å². The molecule has 0 fully saturated rings. The minimum absolute atomic E-state index is 0.0750. The molecule has 0 heterocycles. The second-order valence-corrected chi connectivity index (χ2v) is 5.62. The first-order valence-electron chi connectivity index (χ1n) is 7.51. The van der Waals surface area contributed by atoms with Crippen LogP contribution >= 0.6 is 11.6 Å². The molecule has 0 unspecified atom stereocenters. The van der Waals surface area contributed by atoms with Crippen molar-refractivity contribution in [2.75, 3.05) is 25.0 Å². The van der Waals surface area contributed by atoms with Gasteiger partial charge in [-0.3, -0.25) is 14.5 Å². The van der Waals surface area contributed by atoms with Crippen molar-refractivity contribution >= 4 is 29.2 Å². The Labute approximate surface area is 136 Å². The van der Waals surface area contributed by atoms with Crippen LogP contribution in [0.4, 0.5) is 5.69 Å². The maximum absolute atomic E-state index is 12.0. The van der Waals surface area contributed by atoms with Crippen LogP contribution in [0.1, 0.15) is 32.6 Å². The molecule has 1 aromatic rings. The minimum atomic E-state index is -0.775. The van der Waals surface area contributed by atoms with Crippen LogP contribution in [0.25, 0.3) is 0 Å². The number of hydrogen-bond donors (Lipinski definition) is 2. The zero-order valence-corrected chi connectivity index (χ0v) is 13.6. The van der Waals surface area contributed by atoms with E-state index in [1.807, 2.05) is 4.90 Å². The van der Waals surface area contributed by atoms with Gasteiger partial charge < -0.3 is 10.4 Å². The maximum Gasteiger partial charge on any atom is 0.303 e. The molecular weight excluding hydrogens is 304 g/mol. The standard InChI is InChI=1S/C16H23ClN2O3/c1-2-10-19(11-4-3-5-16(21)22)12-15(20)18-14-8-6-13(17)7-9-14/h6-9H,2-5,10-12H2,1H3,(H,18,20)(H,21,22). The van der Waals surface area contributed by atoms with E-state index >= 15 is 0 Å². The van der Waals surface area contributed by atoms with Crippen LogP contribution in [0.5, 0.6) is 0 Å². The number of carboxylic acids is 1. The lowest BCUT2D eigenvalue weighted by Gasteiger charge is -2.21. The van der Waals surface area contributed by atoms with Crippen LogP contribution in [0, 0.1) is 0 Å². The summed E-state index contributed by atoms with van der Waals surface area (Å²) in [5.41, 5.74) is 0.719. The van der Waals surface area contributed by atoms with Gasteiger partial charge in [-0.25, -0.2) is 0 Å². The molecule has 1 rings (SSSR count). The van der Waals surface area contributed by atoms with Gasteiger partial charge in [-0.15, -0.1) is 0 Å². The Balaban J connectivity index is 2.38. The van der Waals surface area contributed by atoms with Gasteiger partial charge in [0.25, 0.3) is 0 Å². The van der Waals surface area contributed by atoms with Gasteiger partial charge in [0, 0.05) is 17.1 Å². The van der Waals surface area contributed by atoms with Crippen LogP contribution in [-0.2, 0) is 9.59 Å². The SMILES string of the molecule is CCCN(CCCCC(=O)O)CC(=O)Nc1ccc(Cl)cc1. The normalized spacial score (nSPS) is 10.7. The summed E-state index contributed by atoms with van der Waals surface area (Å²) in [6.07, 6.45) is 2.54. The Morgan fingerprint density at radius 3 is 2.45 bits per heavy atom. The monoisotopic (exact) mass is 326 g/mol. The highest BCUT2D eigenvalue weighted by Gasteiger charge is 2.10. The number of benzene rings is 1. The van der Waals surface area contributed by atoms with Gasteiger partial charge in [-0.1, -0.05) is 18.5 Å². The Kier molecular flexibility index (Phi) is 8.55. The molecule has 0 aromatic heterocycles. The first kappa shape index (κ1) is 18.5. The summed E-state index contributed by atoms with van der Waals surface area (Å²) in [5, 5.41) is 12.1. The average molecular weight is 327 g/mol. The number of nitrogens with zero attached hydrogens (tertiary/aromatic N) is 1. The Bertz CT molecular complexity index is 477. The summed E-state index contributed by atoms with van der Waals surface area (Å²) < 4.78 is 0. The van der Waals surface area contributed by atoms with E-state index in [0.29, 0.717) is 18.0 Å². The number of carbonyl (C=O) groups is 2. The highest BCUT2D eigenvalue weighted by atomic mass is 35.5. The highest BCUT2D eigenvalue weighted by molar-refractivity contribution is 6.30. The molecule has 6 heteroatoms. The highest BCUT2D eigenvalue weighted by Crippen LogP contribution is 2.13. The Morgan fingerprint density at radius 2 is 1.86 bits per heavy atom. The van der Waals surface area contributed by atoms with Crippen molar-refractivity contribution in [3.8, 4) is 0 Å². The summed E-state index contributed by atoms with van der Waals surface area (Å²) in [7, 11) is 0. The summed E-state index contributed by atoms with van der Waals surface area (Å²) >= 11 is 5.80. The van der Waals surface area contributed by atoms with Gasteiger partial charge in [-0.2, -0.15) is 0 Å². The number of carboxylic acid groups (broad SMARTS) is 1. The van der Waals surface area contributed by atoms with Crippen LogP contribution in [0.15, 0.2) is 24.3 Å². The fourth-order valence-electron chi connectivity index (χ4n) is 2.13. The lowest BCUT2D eigenvalue weighted by atomic mass is 10.2. The van der Waals surface area contributed by atoms with Crippen molar-refractivity contribution in [3.05, 3.63) is 29.3 Å². The lowest BCUT2D eigenvalue weighted by Crippen LogP contribution is -2.34. The van der Waals surface area contributed by atoms with Gasteiger partial charge >= 0.3 is 5.97 Å². The largest absolute Gasteiger partial charge is 0.481 e. The molecule has 0 bridgehead atoms. The first-order valence-corrected chi connectivity index (χ1v) is 7.88. The van der Waals surface area contributed by atoms with Crippen LogP contribution in [-0.4, -0.2) is 41.5 Å². The second kappa shape index (κ2) is 10.2. The predicted molar refractivity (Wildman–Crippen MR) is 88.3 cm³/mol. The van der Waals surface area contributed by atoms with Crippen LogP contribution in [0.3, 0.4) is 0 Å². The van der Waals surface area contributed by atoms with Crippen molar-refractivity contribution in [2.24, 2.45) is 0 Å². The fourth-order valence-corrected chi connectivity index (χ4v) is 2.26. The van der Waals surface area contributed by atoms with Crippen LogP contribution < -0.4 is 5.32 Å². The zero-order chi connectivity index (χ0) is 16.4. The van der Waals surface area contributed by atoms with Crippen LogP contribution in [0.2, 0.25) is 5.02 Å². The number of nitrogens with one attached hydrogen (secondary N) is 1. The average Bonchev–Trinajstić information content (AvgIpc) is 2.46. The lowest BCUT2D eigenvalue weighted by molar-refractivity contribution is -0.137. The molecule has 22 heavy (non-hydrogen) atoms. The molecule has 1 aromatic carbocycles. The third-order valence-electron chi connectivity index (χ3n) is 3.15. The number of unbranched alkanes of at least 4 members (excludes halogenated alkanes) is 1. The third-order valence-corrected chi connectivity index (χ3v) is 3.40. The van der Waals surface area contributed by atoms with E-state index in [1.165, 1.54) is 0 Å². The molecule has 1 amide bonds. The number of anilines is 1. The van der Waals surface area contributed by atoms with Gasteiger partial charge in [-0.05, 0) is 56.6 Å². The number of amides is 1. The second-order valence-electron chi connectivity index (χ2n) is 5.18. The predicted octanol–water partition coefficient (Wildman–Crippen LogP) is 3.25. The molecule has 0 aliphatic carbocycles. The third kappa shape index (κ3) is 8.00. The van der Waals surface area contributed by atoms with Gasteiger partial charge in [0.05, 0.1) is 6.54 Å². The van der Waals surface area contributed by atoms with Crippen molar-refractivity contribution in [1.29, 1.82) is 0 Å². The number of halogens is 1. The molecule has 0 aliphatic rings. The number of hydrogen-bond acceptors (Lipinski definition) is 3. The van der Waals surface area contributed by atoms with Crippen molar-refractivity contribution < 1.29 is 14.7 Å². The molecule has 2 N–H and O–H groups in total. The fraction of sp³-hybridized carbons (Fsp3) is 0.500. The molecule has 0 saturated carbocycles. The van der Waals surface area contributed by atoms with Gasteiger partial charge in [0.15, 0.2) is 0 Å². The molecule has 0 spiro atoms. The molecule has 122 valence electrons. The van der Waals surface area contributed by atoms with Gasteiger partial charge in [0.2, 0.25) is 5.91 Å². The number of carbonyl (C=O) groups excluding carboxylic acids is 1. The van der Waals surface area contributed by atoms with E-state index in [4.69, 9.17) is 16.7 Å². The van der Waals surface area contributed by atoms with E-state index in [-0.39, 0.29) is 12.3 Å². The summed E-state index contributed by atoms with van der Waals surface area (Å²) in [5.74, 6) is -0.850. The Morgan fingerprint density at radius 1 is 1.18 bits per heavy atom. The molecule has 0 atom stereocenters. The molecular formula is C16H23ClN2O3. The molecule has 0 saturated heterocycles. The first-order chi connectivity index (χ1) is 10.5. The molecule has 5 nitrogen and oxygen atoms in total. The van der Waals surface area contributed by atoms with Crippen molar-refractivity contribution in [2.45, 2.75) is 32.6 Å². The summed E-state index contributed by atoms with van der Waals surface area (Å²) in [4.78, 5) is 24.6. The van der Waals surface area contributed by atoms with Crippen molar-refractivity contribution in [3.63, 3.8) is 0 Å². The topological polar surface area (TPSA) is 69.6 Å². The molecule has 0 aliphatic heterocycles. The molecule has 0 radical (unpaired) electrons. The Hall–Kier alpha value is -1.59. The minimum Gasteiger partial charge on any atom is -0.481 e. The quantitative estimate of drug-likeness (QED) is 0.648. The summed E-state index contributed by atoms with van der Waals surface area (Å²) in [6.45, 7) is 3.92.